The fourth-order valence-corrected chi connectivity index (χ4v) is 9.08. The lowest BCUT2D eigenvalue weighted by Crippen LogP contribution is -2.05. The molecule has 0 bridgehead atoms. The van der Waals surface area contributed by atoms with Crippen molar-refractivity contribution in [1.82, 2.24) is 0 Å². The first-order valence-electron chi connectivity index (χ1n) is 28.0. The van der Waals surface area contributed by atoms with Crippen LogP contribution in [-0.2, 0) is 9.53 Å². The van der Waals surface area contributed by atoms with E-state index in [1.165, 1.54) is 315 Å². The van der Waals surface area contributed by atoms with Gasteiger partial charge in [-0.1, -0.05) is 328 Å². The van der Waals surface area contributed by atoms with Crippen molar-refractivity contribution in [1.29, 1.82) is 0 Å². The van der Waals surface area contributed by atoms with E-state index in [1.54, 1.807) is 0 Å². The molecule has 2 nitrogen and oxygen atoms in total. The molecule has 0 amide bonds. The highest BCUT2D eigenvalue weighted by Crippen LogP contribution is 2.18. The van der Waals surface area contributed by atoms with Crippen molar-refractivity contribution in [3.05, 3.63) is 0 Å². The normalized spacial score (nSPS) is 11.6. The number of rotatable bonds is 53. The van der Waals surface area contributed by atoms with Crippen LogP contribution in [0.3, 0.4) is 0 Å². The number of hydrogen-bond donors (Lipinski definition) is 0. The van der Waals surface area contributed by atoms with Crippen LogP contribution in [-0.4, -0.2) is 12.6 Å². The number of esters is 1. The maximum atomic E-state index is 12.1. The van der Waals surface area contributed by atoms with Gasteiger partial charge in [-0.25, -0.2) is 0 Å². The quantitative estimate of drug-likeness (QED) is 0.0451. The summed E-state index contributed by atoms with van der Waals surface area (Å²) >= 11 is 0. The Morgan fingerprint density at radius 1 is 0.224 bits per heavy atom. The highest BCUT2D eigenvalue weighted by molar-refractivity contribution is 5.69. The van der Waals surface area contributed by atoms with Crippen LogP contribution < -0.4 is 0 Å². The Bertz CT molecular complexity index is 717. The summed E-state index contributed by atoms with van der Waals surface area (Å²) in [6.45, 7) is 5.24. The second-order valence-corrected chi connectivity index (χ2v) is 19.3. The van der Waals surface area contributed by atoms with Crippen molar-refractivity contribution in [3.8, 4) is 0 Å². The molecular formula is C56H112O2. The monoisotopic (exact) mass is 817 g/mol. The SMILES string of the molecule is CCCCCCCCCCCCCCCCCCCCCCCCCCCCCCCCCCCCCC(=O)OCCCCCCCCCCCCCCCCCC. The minimum absolute atomic E-state index is 0.0343. The lowest BCUT2D eigenvalue weighted by atomic mass is 10.0. The number of ether oxygens (including phenoxy) is 1. The van der Waals surface area contributed by atoms with Crippen molar-refractivity contribution < 1.29 is 9.53 Å². The Morgan fingerprint density at radius 3 is 0.569 bits per heavy atom. The predicted octanol–water partition coefficient (Wildman–Crippen LogP) is 20.9. The van der Waals surface area contributed by atoms with Gasteiger partial charge in [0.25, 0.3) is 0 Å². The molecule has 0 heterocycles. The van der Waals surface area contributed by atoms with E-state index in [2.05, 4.69) is 13.8 Å². The summed E-state index contributed by atoms with van der Waals surface area (Å²) in [4.78, 5) is 12.1. The molecule has 0 unspecified atom stereocenters. The molecule has 348 valence electrons. The van der Waals surface area contributed by atoms with Gasteiger partial charge in [0, 0.05) is 6.42 Å². The van der Waals surface area contributed by atoms with Gasteiger partial charge < -0.3 is 4.74 Å². The lowest BCUT2D eigenvalue weighted by molar-refractivity contribution is -0.143. The standard InChI is InChI=1S/C56H112O2/c1-3-5-7-9-11-13-15-17-19-21-22-23-24-25-26-27-28-29-30-31-32-33-34-35-36-37-38-39-40-42-44-46-48-50-52-54-56(57)58-55-53-51-49-47-45-43-41-20-18-16-14-12-10-8-6-4-2/h3-55H2,1-2H3. The first-order valence-corrected chi connectivity index (χ1v) is 28.0. The molecule has 0 aliphatic heterocycles. The van der Waals surface area contributed by atoms with Gasteiger partial charge in [0.1, 0.15) is 0 Å². The van der Waals surface area contributed by atoms with Gasteiger partial charge in [0.05, 0.1) is 6.61 Å². The largest absolute Gasteiger partial charge is 0.466 e. The van der Waals surface area contributed by atoms with E-state index >= 15 is 0 Å². The Labute approximate surface area is 368 Å². The maximum Gasteiger partial charge on any atom is 0.305 e. The van der Waals surface area contributed by atoms with Crippen LogP contribution in [0.1, 0.15) is 348 Å². The van der Waals surface area contributed by atoms with Crippen LogP contribution in [0.4, 0.5) is 0 Å². The van der Waals surface area contributed by atoms with E-state index in [-0.39, 0.29) is 5.97 Å². The first kappa shape index (κ1) is 57.5. The van der Waals surface area contributed by atoms with Crippen LogP contribution in [0.2, 0.25) is 0 Å². The smallest absolute Gasteiger partial charge is 0.305 e. The number of unbranched alkanes of at least 4 members (excludes halogenated alkanes) is 49. The Balaban J connectivity index is 3.13. The van der Waals surface area contributed by atoms with Gasteiger partial charge in [0.15, 0.2) is 0 Å². The predicted molar refractivity (Wildman–Crippen MR) is 262 cm³/mol. The third-order valence-corrected chi connectivity index (χ3v) is 13.2. The van der Waals surface area contributed by atoms with Gasteiger partial charge in [0.2, 0.25) is 0 Å². The highest BCUT2D eigenvalue weighted by Gasteiger charge is 2.03. The fourth-order valence-electron chi connectivity index (χ4n) is 9.08. The molecule has 58 heavy (non-hydrogen) atoms. The lowest BCUT2D eigenvalue weighted by Gasteiger charge is -2.06. The third kappa shape index (κ3) is 53.5. The molecule has 0 aromatic rings. The zero-order chi connectivity index (χ0) is 41.8. The number of hydrogen-bond acceptors (Lipinski definition) is 2. The van der Waals surface area contributed by atoms with E-state index in [1.807, 2.05) is 0 Å². The fraction of sp³-hybridized carbons (Fsp3) is 0.982. The van der Waals surface area contributed by atoms with Crippen molar-refractivity contribution in [2.45, 2.75) is 348 Å². The van der Waals surface area contributed by atoms with E-state index in [0.717, 1.165) is 12.8 Å². The number of carbonyl (C=O) groups excluding carboxylic acids is 1. The van der Waals surface area contributed by atoms with Crippen LogP contribution >= 0.6 is 0 Å². The van der Waals surface area contributed by atoms with Crippen molar-refractivity contribution in [2.24, 2.45) is 0 Å². The summed E-state index contributed by atoms with van der Waals surface area (Å²) < 4.78 is 5.49. The zero-order valence-electron chi connectivity index (χ0n) is 40.8. The minimum Gasteiger partial charge on any atom is -0.466 e. The Morgan fingerprint density at radius 2 is 0.379 bits per heavy atom. The van der Waals surface area contributed by atoms with Crippen molar-refractivity contribution >= 4 is 5.97 Å². The maximum absolute atomic E-state index is 12.1. The van der Waals surface area contributed by atoms with Crippen LogP contribution in [0, 0.1) is 0 Å². The van der Waals surface area contributed by atoms with Gasteiger partial charge >= 0.3 is 5.97 Å². The minimum atomic E-state index is 0.0343. The molecule has 0 N–H and O–H groups in total. The summed E-state index contributed by atoms with van der Waals surface area (Å²) in [6.07, 6.45) is 72.8. The third-order valence-electron chi connectivity index (χ3n) is 13.2. The van der Waals surface area contributed by atoms with Crippen LogP contribution in [0.5, 0.6) is 0 Å². The van der Waals surface area contributed by atoms with E-state index < -0.39 is 0 Å². The molecule has 0 aliphatic rings. The molecule has 0 fully saturated rings. The molecule has 0 aromatic heterocycles. The first-order chi connectivity index (χ1) is 28.8. The van der Waals surface area contributed by atoms with Gasteiger partial charge in [-0.05, 0) is 12.8 Å². The van der Waals surface area contributed by atoms with E-state index in [0.29, 0.717) is 13.0 Å². The van der Waals surface area contributed by atoms with E-state index in [4.69, 9.17) is 4.74 Å². The molecule has 0 atom stereocenters. The van der Waals surface area contributed by atoms with Gasteiger partial charge in [-0.15, -0.1) is 0 Å². The van der Waals surface area contributed by atoms with Crippen molar-refractivity contribution in [3.63, 3.8) is 0 Å². The van der Waals surface area contributed by atoms with Crippen LogP contribution in [0.25, 0.3) is 0 Å². The summed E-state index contributed by atoms with van der Waals surface area (Å²) in [6, 6.07) is 0. The summed E-state index contributed by atoms with van der Waals surface area (Å²) in [5, 5.41) is 0. The second kappa shape index (κ2) is 54.5. The molecule has 0 rings (SSSR count). The molecule has 0 radical (unpaired) electrons. The summed E-state index contributed by atoms with van der Waals surface area (Å²) in [5.41, 5.74) is 0. The molecule has 0 aliphatic carbocycles. The number of carbonyl (C=O) groups is 1. The van der Waals surface area contributed by atoms with Gasteiger partial charge in [-0.2, -0.15) is 0 Å². The van der Waals surface area contributed by atoms with E-state index in [9.17, 15) is 4.79 Å². The van der Waals surface area contributed by atoms with Gasteiger partial charge in [-0.3, -0.25) is 4.79 Å². The molecular weight excluding hydrogens is 705 g/mol. The topological polar surface area (TPSA) is 26.3 Å². The average molecular weight is 818 g/mol. The highest BCUT2D eigenvalue weighted by atomic mass is 16.5. The molecule has 0 spiro atoms. The average Bonchev–Trinajstić information content (AvgIpc) is 3.23. The summed E-state index contributed by atoms with van der Waals surface area (Å²) in [5.74, 6) is 0.0343. The van der Waals surface area contributed by atoms with Crippen molar-refractivity contribution in [2.75, 3.05) is 6.61 Å². The Kier molecular flexibility index (Phi) is 54.0. The molecule has 0 saturated heterocycles. The van der Waals surface area contributed by atoms with Crippen LogP contribution in [0.15, 0.2) is 0 Å². The summed E-state index contributed by atoms with van der Waals surface area (Å²) in [7, 11) is 0. The Hall–Kier alpha value is -0.530. The molecule has 0 aromatic carbocycles. The second-order valence-electron chi connectivity index (χ2n) is 19.3. The zero-order valence-corrected chi connectivity index (χ0v) is 40.8. The molecule has 0 saturated carbocycles. The molecule has 2 heteroatoms.